The molecule has 1 amide bonds. The fourth-order valence-electron chi connectivity index (χ4n) is 1.15. The van der Waals surface area contributed by atoms with Crippen molar-refractivity contribution in [1.29, 1.82) is 0 Å². The Labute approximate surface area is 95.0 Å². The van der Waals surface area contributed by atoms with Gasteiger partial charge < -0.3 is 14.9 Å². The smallest absolute Gasteiger partial charge is 0.407 e. The van der Waals surface area contributed by atoms with Crippen LogP contribution in [0, 0.1) is 6.57 Å². The molecule has 0 heterocycles. The van der Waals surface area contributed by atoms with Crippen LogP contribution < -0.4 is 5.32 Å². The van der Waals surface area contributed by atoms with Gasteiger partial charge in [0.2, 0.25) is 6.54 Å². The summed E-state index contributed by atoms with van der Waals surface area (Å²) in [6.07, 6.45) is -0.486. The first-order valence-electron chi connectivity index (χ1n) is 5.03. The number of hydrogen-bond donors (Lipinski definition) is 1. The van der Waals surface area contributed by atoms with E-state index in [9.17, 15) is 4.79 Å². The zero-order valence-electron chi connectivity index (χ0n) is 9.14. The van der Waals surface area contributed by atoms with Gasteiger partial charge in [0.05, 0.1) is 0 Å². The van der Waals surface area contributed by atoms with E-state index in [2.05, 4.69) is 10.2 Å². The second-order valence-corrected chi connectivity index (χ2v) is 3.45. The Kier molecular flexibility index (Phi) is 4.87. The second-order valence-electron chi connectivity index (χ2n) is 3.45. The summed E-state index contributed by atoms with van der Waals surface area (Å²) in [4.78, 5) is 14.5. The molecule has 4 nitrogen and oxygen atoms in total. The molecule has 0 aliphatic rings. The predicted molar refractivity (Wildman–Crippen MR) is 60.7 cm³/mol. The molecule has 0 aromatic heterocycles. The van der Waals surface area contributed by atoms with Crippen LogP contribution in [0.2, 0.25) is 0 Å². The highest BCUT2D eigenvalue weighted by atomic mass is 16.5. The average molecular weight is 218 g/mol. The van der Waals surface area contributed by atoms with Gasteiger partial charge in [-0.2, -0.15) is 0 Å². The van der Waals surface area contributed by atoms with Gasteiger partial charge in [0.25, 0.3) is 0 Å². The molecule has 0 saturated heterocycles. The lowest BCUT2D eigenvalue weighted by Gasteiger charge is -2.09. The topological polar surface area (TPSA) is 42.7 Å². The van der Waals surface area contributed by atoms with E-state index in [0.29, 0.717) is 0 Å². The first kappa shape index (κ1) is 12.1. The number of nitrogens with one attached hydrogen (secondary N) is 1. The quantitative estimate of drug-likeness (QED) is 0.787. The molecule has 1 N–H and O–H groups in total. The molecule has 1 aromatic rings. The summed E-state index contributed by atoms with van der Waals surface area (Å²) >= 11 is 0. The van der Waals surface area contributed by atoms with Crippen molar-refractivity contribution >= 4 is 6.09 Å². The van der Waals surface area contributed by atoms with E-state index >= 15 is 0 Å². The Hall–Kier alpha value is -2.02. The minimum atomic E-state index is -0.486. The van der Waals surface area contributed by atoms with Crippen molar-refractivity contribution in [2.75, 3.05) is 6.54 Å². The Morgan fingerprint density at radius 2 is 2.19 bits per heavy atom. The fraction of sp³-hybridized carbons (Fsp3) is 0.333. The number of benzene rings is 1. The van der Waals surface area contributed by atoms with Crippen molar-refractivity contribution in [3.8, 4) is 0 Å². The van der Waals surface area contributed by atoms with Crippen molar-refractivity contribution in [1.82, 2.24) is 5.32 Å². The Morgan fingerprint density at radius 3 is 2.81 bits per heavy atom. The van der Waals surface area contributed by atoms with E-state index in [1.165, 1.54) is 0 Å². The van der Waals surface area contributed by atoms with E-state index in [4.69, 9.17) is 11.3 Å². The summed E-state index contributed by atoms with van der Waals surface area (Å²) in [5.41, 5.74) is 0.940. The van der Waals surface area contributed by atoms with Crippen LogP contribution in [0.3, 0.4) is 0 Å². The molecule has 4 heteroatoms. The number of rotatable bonds is 4. The number of hydrogen-bond acceptors (Lipinski definition) is 2. The lowest BCUT2D eigenvalue weighted by atomic mass is 10.2. The van der Waals surface area contributed by atoms with Gasteiger partial charge in [-0.3, -0.25) is 0 Å². The maximum Gasteiger partial charge on any atom is 0.407 e. The van der Waals surface area contributed by atoms with Gasteiger partial charge in [0.15, 0.2) is 0 Å². The van der Waals surface area contributed by atoms with Crippen LogP contribution in [0.15, 0.2) is 30.3 Å². The molecule has 0 spiro atoms. The zero-order chi connectivity index (χ0) is 11.8. The summed E-state index contributed by atoms with van der Waals surface area (Å²) in [7, 11) is 0. The molecule has 1 atom stereocenters. The average Bonchev–Trinajstić information content (AvgIpc) is 2.28. The van der Waals surface area contributed by atoms with E-state index in [1.54, 1.807) is 6.92 Å². The summed E-state index contributed by atoms with van der Waals surface area (Å²) in [6, 6.07) is 9.27. The third-order valence-corrected chi connectivity index (χ3v) is 1.94. The van der Waals surface area contributed by atoms with E-state index in [-0.39, 0.29) is 19.2 Å². The minimum absolute atomic E-state index is 0.180. The Morgan fingerprint density at radius 1 is 1.50 bits per heavy atom. The maximum absolute atomic E-state index is 11.3. The molecular weight excluding hydrogens is 204 g/mol. The van der Waals surface area contributed by atoms with Crippen LogP contribution in [-0.4, -0.2) is 18.7 Å². The van der Waals surface area contributed by atoms with Crippen molar-refractivity contribution in [2.24, 2.45) is 0 Å². The van der Waals surface area contributed by atoms with Gasteiger partial charge in [-0.25, -0.2) is 11.4 Å². The molecular formula is C12H14N2O2. The van der Waals surface area contributed by atoms with Crippen LogP contribution in [-0.2, 0) is 11.3 Å². The number of nitrogens with zero attached hydrogens (tertiary/aromatic N) is 1. The maximum atomic E-state index is 11.3. The number of carbonyl (C=O) groups is 1. The monoisotopic (exact) mass is 218 g/mol. The largest absolute Gasteiger partial charge is 0.445 e. The number of alkyl carbamates (subject to hydrolysis) is 1. The second kappa shape index (κ2) is 6.46. The van der Waals surface area contributed by atoms with E-state index in [1.807, 2.05) is 30.3 Å². The highest BCUT2D eigenvalue weighted by Gasteiger charge is 2.09. The normalized spacial score (nSPS) is 11.2. The molecule has 1 rings (SSSR count). The zero-order valence-corrected chi connectivity index (χ0v) is 9.14. The predicted octanol–water partition coefficient (Wildman–Crippen LogP) is 2.22. The molecule has 0 aliphatic carbocycles. The number of amides is 1. The van der Waals surface area contributed by atoms with Crippen molar-refractivity contribution in [2.45, 2.75) is 19.6 Å². The van der Waals surface area contributed by atoms with Gasteiger partial charge in [0, 0.05) is 0 Å². The molecule has 84 valence electrons. The minimum Gasteiger partial charge on any atom is -0.445 e. The van der Waals surface area contributed by atoms with Gasteiger partial charge in [-0.15, -0.1) is 0 Å². The summed E-state index contributed by atoms with van der Waals surface area (Å²) < 4.78 is 4.99. The Bertz CT molecular complexity index is 370. The van der Waals surface area contributed by atoms with E-state index in [0.717, 1.165) is 5.56 Å². The first-order valence-corrected chi connectivity index (χ1v) is 5.03. The summed E-state index contributed by atoms with van der Waals surface area (Å²) in [5.74, 6) is 0. The van der Waals surface area contributed by atoms with Crippen LogP contribution in [0.1, 0.15) is 12.5 Å². The lowest BCUT2D eigenvalue weighted by molar-refractivity contribution is 0.137. The van der Waals surface area contributed by atoms with Gasteiger partial charge in [-0.05, 0) is 12.5 Å². The molecule has 0 saturated carbocycles. The molecule has 0 radical (unpaired) electrons. The van der Waals surface area contributed by atoms with Crippen molar-refractivity contribution in [3.63, 3.8) is 0 Å². The molecule has 16 heavy (non-hydrogen) atoms. The number of carbonyl (C=O) groups excluding carboxylic acids is 1. The lowest BCUT2D eigenvalue weighted by Crippen LogP contribution is -2.34. The van der Waals surface area contributed by atoms with Gasteiger partial charge in [0.1, 0.15) is 12.6 Å². The molecule has 1 unspecified atom stereocenters. The third-order valence-electron chi connectivity index (χ3n) is 1.94. The summed E-state index contributed by atoms with van der Waals surface area (Å²) in [5, 5.41) is 2.58. The highest BCUT2D eigenvalue weighted by molar-refractivity contribution is 5.67. The SMILES string of the molecule is [C-]#[N+]CC(C)NC(=O)OCc1ccccc1. The van der Waals surface area contributed by atoms with Crippen molar-refractivity contribution in [3.05, 3.63) is 47.3 Å². The van der Waals surface area contributed by atoms with Crippen LogP contribution >= 0.6 is 0 Å². The van der Waals surface area contributed by atoms with Crippen LogP contribution in [0.25, 0.3) is 4.85 Å². The summed E-state index contributed by atoms with van der Waals surface area (Å²) in [6.45, 7) is 8.92. The number of ether oxygens (including phenoxy) is 1. The standard InChI is InChI=1S/C12H14N2O2/c1-10(8-13-2)14-12(15)16-9-11-6-4-3-5-7-11/h3-7,10H,8-9H2,1H3,(H,14,15). The van der Waals surface area contributed by atoms with Crippen LogP contribution in [0.5, 0.6) is 0 Å². The fourth-order valence-corrected chi connectivity index (χ4v) is 1.15. The molecule has 0 fully saturated rings. The molecule has 0 bridgehead atoms. The highest BCUT2D eigenvalue weighted by Crippen LogP contribution is 2.00. The Balaban J connectivity index is 2.28. The molecule has 0 aliphatic heterocycles. The first-order chi connectivity index (χ1) is 7.72. The third kappa shape index (κ3) is 4.47. The van der Waals surface area contributed by atoms with E-state index < -0.39 is 6.09 Å². The van der Waals surface area contributed by atoms with Gasteiger partial charge in [-0.1, -0.05) is 30.3 Å². The van der Waals surface area contributed by atoms with Crippen LogP contribution in [0.4, 0.5) is 4.79 Å². The van der Waals surface area contributed by atoms with Gasteiger partial charge >= 0.3 is 6.09 Å². The molecule has 1 aromatic carbocycles. The van der Waals surface area contributed by atoms with Crippen molar-refractivity contribution < 1.29 is 9.53 Å².